The number of nitrogens with one attached hydrogen (secondary N) is 2. The van der Waals surface area contributed by atoms with Crippen molar-refractivity contribution < 1.29 is 9.59 Å². The lowest BCUT2D eigenvalue weighted by Gasteiger charge is -2.22. The smallest absolute Gasteiger partial charge is 0.237 e. The van der Waals surface area contributed by atoms with Gasteiger partial charge in [0, 0.05) is 20.0 Å². The van der Waals surface area contributed by atoms with Gasteiger partial charge in [0.05, 0.1) is 17.3 Å². The third-order valence-electron chi connectivity index (χ3n) is 3.86. The molecule has 6 nitrogen and oxygen atoms in total. The number of likely N-dealkylation sites (N-methyl/N-ethyl adjacent to an activating group) is 1. The molecule has 2 N–H and O–H groups in total. The summed E-state index contributed by atoms with van der Waals surface area (Å²) < 4.78 is 0. The molecule has 1 atom stereocenters. The second-order valence-corrected chi connectivity index (χ2v) is 5.26. The molecular formula is C16H20N4O2. The van der Waals surface area contributed by atoms with Crippen LogP contribution in [-0.4, -0.2) is 42.9 Å². The first-order chi connectivity index (χ1) is 10.7. The van der Waals surface area contributed by atoms with E-state index in [0.29, 0.717) is 24.2 Å². The van der Waals surface area contributed by atoms with E-state index >= 15 is 0 Å². The van der Waals surface area contributed by atoms with E-state index in [1.807, 2.05) is 11.0 Å². The molecule has 1 saturated heterocycles. The third-order valence-corrected chi connectivity index (χ3v) is 3.86. The van der Waals surface area contributed by atoms with Crippen LogP contribution in [0.25, 0.3) is 0 Å². The fourth-order valence-corrected chi connectivity index (χ4v) is 2.70. The summed E-state index contributed by atoms with van der Waals surface area (Å²) in [6, 6.07) is 8.82. The minimum Gasteiger partial charge on any atom is -0.358 e. The van der Waals surface area contributed by atoms with E-state index < -0.39 is 0 Å². The van der Waals surface area contributed by atoms with Crippen molar-refractivity contribution in [2.75, 3.05) is 25.5 Å². The number of likely N-dealkylation sites (tertiary alicyclic amines) is 1. The van der Waals surface area contributed by atoms with Crippen LogP contribution in [0.5, 0.6) is 0 Å². The zero-order valence-corrected chi connectivity index (χ0v) is 12.6. The molecule has 2 amide bonds. The lowest BCUT2D eigenvalue weighted by Crippen LogP contribution is -2.42. The maximum absolute atomic E-state index is 12.0. The number of benzene rings is 1. The molecule has 0 spiro atoms. The standard InChI is InChI=1S/C16H20N4O2/c1-18-16(22)14-7-4-9-20(14)10-8-15(21)19-13-6-3-2-5-12(13)11-17/h2-3,5-6,14H,4,7-10H2,1H3,(H,18,22)(H,19,21)/t14-/m1/s1. The molecule has 0 saturated carbocycles. The maximum atomic E-state index is 12.0. The van der Waals surface area contributed by atoms with Gasteiger partial charge in [-0.05, 0) is 31.5 Å². The van der Waals surface area contributed by atoms with Crippen LogP contribution in [0.4, 0.5) is 5.69 Å². The molecule has 1 aliphatic rings. The number of nitriles is 1. The number of hydrogen-bond acceptors (Lipinski definition) is 4. The molecule has 1 fully saturated rings. The Morgan fingerprint density at radius 2 is 2.18 bits per heavy atom. The molecule has 22 heavy (non-hydrogen) atoms. The maximum Gasteiger partial charge on any atom is 0.237 e. The van der Waals surface area contributed by atoms with Crippen molar-refractivity contribution in [1.82, 2.24) is 10.2 Å². The largest absolute Gasteiger partial charge is 0.358 e. The molecule has 116 valence electrons. The predicted octanol–water partition coefficient (Wildman–Crippen LogP) is 1.10. The van der Waals surface area contributed by atoms with E-state index in [1.165, 1.54) is 0 Å². The highest BCUT2D eigenvalue weighted by molar-refractivity contribution is 5.92. The number of nitrogens with zero attached hydrogens (tertiary/aromatic N) is 2. The minimum atomic E-state index is -0.148. The first-order valence-corrected chi connectivity index (χ1v) is 7.40. The van der Waals surface area contributed by atoms with Gasteiger partial charge in [0.2, 0.25) is 11.8 Å². The Morgan fingerprint density at radius 1 is 1.41 bits per heavy atom. The number of amides is 2. The number of hydrogen-bond donors (Lipinski definition) is 2. The number of rotatable bonds is 5. The van der Waals surface area contributed by atoms with Crippen molar-refractivity contribution in [3.05, 3.63) is 29.8 Å². The fraction of sp³-hybridized carbons (Fsp3) is 0.438. The van der Waals surface area contributed by atoms with Crippen LogP contribution >= 0.6 is 0 Å². The highest BCUT2D eigenvalue weighted by Crippen LogP contribution is 2.18. The summed E-state index contributed by atoms with van der Waals surface area (Å²) in [5.74, 6) is -0.141. The summed E-state index contributed by atoms with van der Waals surface area (Å²) >= 11 is 0. The van der Waals surface area contributed by atoms with Crippen molar-refractivity contribution >= 4 is 17.5 Å². The van der Waals surface area contributed by atoms with Crippen molar-refractivity contribution in [2.45, 2.75) is 25.3 Å². The van der Waals surface area contributed by atoms with Gasteiger partial charge in [0.1, 0.15) is 6.07 Å². The summed E-state index contributed by atoms with van der Waals surface area (Å²) in [6.45, 7) is 1.37. The molecule has 1 heterocycles. The van der Waals surface area contributed by atoms with Crippen LogP contribution in [0.3, 0.4) is 0 Å². The number of para-hydroxylation sites is 1. The molecule has 1 aromatic rings. The fourth-order valence-electron chi connectivity index (χ4n) is 2.70. The van der Waals surface area contributed by atoms with Gasteiger partial charge in [-0.25, -0.2) is 0 Å². The highest BCUT2D eigenvalue weighted by Gasteiger charge is 2.29. The van der Waals surface area contributed by atoms with Gasteiger partial charge in [-0.1, -0.05) is 12.1 Å². The second-order valence-electron chi connectivity index (χ2n) is 5.26. The van der Waals surface area contributed by atoms with Crippen LogP contribution in [0.15, 0.2) is 24.3 Å². The molecule has 0 unspecified atom stereocenters. The summed E-state index contributed by atoms with van der Waals surface area (Å²) in [7, 11) is 1.63. The summed E-state index contributed by atoms with van der Waals surface area (Å²) in [5, 5.41) is 14.4. The number of carbonyl (C=O) groups excluding carboxylic acids is 2. The Labute approximate surface area is 130 Å². The molecule has 0 aromatic heterocycles. The molecular weight excluding hydrogens is 280 g/mol. The lowest BCUT2D eigenvalue weighted by molar-refractivity contribution is -0.125. The van der Waals surface area contributed by atoms with Gasteiger partial charge in [-0.3, -0.25) is 14.5 Å². The molecule has 0 radical (unpaired) electrons. The number of anilines is 1. The molecule has 2 rings (SSSR count). The Bertz CT molecular complexity index is 594. The van der Waals surface area contributed by atoms with Crippen molar-refractivity contribution in [3.8, 4) is 6.07 Å². The van der Waals surface area contributed by atoms with E-state index in [2.05, 4.69) is 10.6 Å². The van der Waals surface area contributed by atoms with Crippen molar-refractivity contribution in [3.63, 3.8) is 0 Å². The molecule has 1 aliphatic heterocycles. The Kier molecular flexibility index (Phi) is 5.50. The van der Waals surface area contributed by atoms with Crippen LogP contribution in [0.2, 0.25) is 0 Å². The quantitative estimate of drug-likeness (QED) is 0.852. The van der Waals surface area contributed by atoms with Crippen LogP contribution in [-0.2, 0) is 9.59 Å². The monoisotopic (exact) mass is 300 g/mol. The van der Waals surface area contributed by atoms with Gasteiger partial charge in [-0.15, -0.1) is 0 Å². The normalized spacial score (nSPS) is 17.7. The minimum absolute atomic E-state index is 0.00716. The second kappa shape index (κ2) is 7.57. The van der Waals surface area contributed by atoms with Gasteiger partial charge in [0.15, 0.2) is 0 Å². The summed E-state index contributed by atoms with van der Waals surface area (Å²) in [4.78, 5) is 25.8. The Morgan fingerprint density at radius 3 is 2.91 bits per heavy atom. The Hall–Kier alpha value is -2.39. The molecule has 1 aromatic carbocycles. The SMILES string of the molecule is CNC(=O)[C@H]1CCCN1CCC(=O)Nc1ccccc1C#N. The summed E-state index contributed by atoms with van der Waals surface area (Å²) in [6.07, 6.45) is 2.10. The van der Waals surface area contributed by atoms with Gasteiger partial charge in [0.25, 0.3) is 0 Å². The van der Waals surface area contributed by atoms with E-state index in [0.717, 1.165) is 19.4 Å². The van der Waals surface area contributed by atoms with Gasteiger partial charge >= 0.3 is 0 Å². The zero-order chi connectivity index (χ0) is 15.9. The van der Waals surface area contributed by atoms with Crippen molar-refractivity contribution in [2.24, 2.45) is 0 Å². The average molecular weight is 300 g/mol. The zero-order valence-electron chi connectivity index (χ0n) is 12.6. The molecule has 0 bridgehead atoms. The first kappa shape index (κ1) is 16.0. The van der Waals surface area contributed by atoms with Crippen LogP contribution in [0, 0.1) is 11.3 Å². The van der Waals surface area contributed by atoms with Gasteiger partial charge < -0.3 is 10.6 Å². The van der Waals surface area contributed by atoms with Crippen LogP contribution < -0.4 is 10.6 Å². The van der Waals surface area contributed by atoms with E-state index in [4.69, 9.17) is 5.26 Å². The van der Waals surface area contributed by atoms with E-state index in [1.54, 1.807) is 31.3 Å². The lowest BCUT2D eigenvalue weighted by atomic mass is 10.2. The van der Waals surface area contributed by atoms with Crippen molar-refractivity contribution in [1.29, 1.82) is 5.26 Å². The molecule has 0 aliphatic carbocycles. The Balaban J connectivity index is 1.88. The van der Waals surface area contributed by atoms with E-state index in [-0.39, 0.29) is 17.9 Å². The topological polar surface area (TPSA) is 85.2 Å². The van der Waals surface area contributed by atoms with Crippen LogP contribution in [0.1, 0.15) is 24.8 Å². The highest BCUT2D eigenvalue weighted by atomic mass is 16.2. The first-order valence-electron chi connectivity index (χ1n) is 7.40. The molecule has 6 heteroatoms. The third kappa shape index (κ3) is 3.83. The number of carbonyl (C=O) groups is 2. The van der Waals surface area contributed by atoms with E-state index in [9.17, 15) is 9.59 Å². The average Bonchev–Trinajstić information content (AvgIpc) is 3.01. The predicted molar refractivity (Wildman–Crippen MR) is 83.1 cm³/mol. The summed E-state index contributed by atoms with van der Waals surface area (Å²) in [5.41, 5.74) is 0.972. The van der Waals surface area contributed by atoms with Gasteiger partial charge in [-0.2, -0.15) is 5.26 Å².